The van der Waals surface area contributed by atoms with Gasteiger partial charge in [0.05, 0.1) is 13.2 Å². The second-order valence-electron chi connectivity index (χ2n) is 6.58. The molecule has 1 saturated heterocycles. The molecule has 3 N–H and O–H groups in total. The highest BCUT2D eigenvalue weighted by Crippen LogP contribution is 2.39. The maximum atomic E-state index is 9.66. The van der Waals surface area contributed by atoms with E-state index in [1.807, 2.05) is 12.1 Å². The Morgan fingerprint density at radius 3 is 2.78 bits per heavy atom. The van der Waals surface area contributed by atoms with Crippen LogP contribution in [0.25, 0.3) is 11.4 Å². The van der Waals surface area contributed by atoms with Crippen molar-refractivity contribution in [1.29, 1.82) is 0 Å². The summed E-state index contributed by atoms with van der Waals surface area (Å²) in [5.74, 6) is 0.577. The molecule has 0 aliphatic carbocycles. The number of rotatable bonds is 5. The van der Waals surface area contributed by atoms with Crippen molar-refractivity contribution in [2.24, 2.45) is 5.41 Å². The van der Waals surface area contributed by atoms with Crippen LogP contribution in [0.4, 0.5) is 0 Å². The summed E-state index contributed by atoms with van der Waals surface area (Å²) in [4.78, 5) is 2.34. The zero-order valence-electron chi connectivity index (χ0n) is 13.5. The lowest BCUT2D eigenvalue weighted by atomic mass is 9.88. The zero-order chi connectivity index (χ0) is 16.4. The fourth-order valence-electron chi connectivity index (χ4n) is 3.56. The monoisotopic (exact) mass is 317 g/mol. The summed E-state index contributed by atoms with van der Waals surface area (Å²) in [6.07, 6.45) is 0.800. The first kappa shape index (κ1) is 16.0. The van der Waals surface area contributed by atoms with Crippen LogP contribution in [0.2, 0.25) is 0 Å². The molecule has 2 unspecified atom stereocenters. The van der Waals surface area contributed by atoms with Crippen molar-refractivity contribution in [3.63, 3.8) is 0 Å². The fraction of sp³-hybridized carbons (Fsp3) is 0.562. The number of hydrogen-bond acceptors (Lipinski definition) is 6. The minimum atomic E-state index is -0.404. The molecule has 2 atom stereocenters. The number of nitrogens with zero attached hydrogens (tertiary/aromatic N) is 4. The largest absolute Gasteiger partial charge is 0.396 e. The van der Waals surface area contributed by atoms with Crippen molar-refractivity contribution in [3.8, 4) is 11.4 Å². The molecule has 23 heavy (non-hydrogen) atoms. The highest BCUT2D eigenvalue weighted by Gasteiger charge is 2.43. The van der Waals surface area contributed by atoms with Crippen molar-refractivity contribution in [2.75, 3.05) is 19.8 Å². The Bertz CT molecular complexity index is 642. The quantitative estimate of drug-likeness (QED) is 0.761. The molecule has 0 bridgehead atoms. The normalized spacial score (nSPS) is 22.3. The van der Waals surface area contributed by atoms with Gasteiger partial charge in [-0.3, -0.25) is 4.90 Å². The van der Waals surface area contributed by atoms with Crippen LogP contribution in [0.3, 0.4) is 0 Å². The average molecular weight is 317 g/mol. The first-order chi connectivity index (χ1) is 11.1. The van der Waals surface area contributed by atoms with Gasteiger partial charge in [-0.25, -0.2) is 0 Å². The Morgan fingerprint density at radius 1 is 1.39 bits per heavy atom. The third kappa shape index (κ3) is 2.99. The van der Waals surface area contributed by atoms with Gasteiger partial charge in [-0.1, -0.05) is 18.2 Å². The maximum absolute atomic E-state index is 9.66. The Hall–Kier alpha value is -1.83. The number of tetrazole rings is 1. The van der Waals surface area contributed by atoms with Gasteiger partial charge >= 0.3 is 0 Å². The van der Waals surface area contributed by atoms with Crippen LogP contribution < -0.4 is 0 Å². The zero-order valence-corrected chi connectivity index (χ0v) is 13.5. The SMILES string of the molecule is CC1CC(CO)(CO)CN1C(C)c1cccc(-c2nn[nH]n2)c1. The van der Waals surface area contributed by atoms with Gasteiger partial charge < -0.3 is 10.2 Å². The van der Waals surface area contributed by atoms with Gasteiger partial charge in [-0.05, 0) is 37.1 Å². The minimum absolute atomic E-state index is 0.0138. The molecule has 1 aliphatic heterocycles. The van der Waals surface area contributed by atoms with E-state index < -0.39 is 5.41 Å². The van der Waals surface area contributed by atoms with Gasteiger partial charge in [0.2, 0.25) is 5.82 Å². The summed E-state index contributed by atoms with van der Waals surface area (Å²) in [5.41, 5.74) is 1.68. The molecule has 1 aliphatic rings. The van der Waals surface area contributed by atoms with Crippen LogP contribution in [0, 0.1) is 5.41 Å². The number of hydrogen-bond donors (Lipinski definition) is 3. The van der Waals surface area contributed by atoms with Crippen LogP contribution in [-0.4, -0.2) is 61.5 Å². The van der Waals surface area contributed by atoms with Crippen LogP contribution in [0.1, 0.15) is 31.9 Å². The Balaban J connectivity index is 1.83. The molecule has 1 aromatic heterocycles. The molecule has 1 fully saturated rings. The van der Waals surface area contributed by atoms with E-state index >= 15 is 0 Å². The lowest BCUT2D eigenvalue weighted by Gasteiger charge is -2.30. The van der Waals surface area contributed by atoms with E-state index in [1.165, 1.54) is 0 Å². The van der Waals surface area contributed by atoms with E-state index in [9.17, 15) is 10.2 Å². The summed E-state index contributed by atoms with van der Waals surface area (Å²) >= 11 is 0. The summed E-state index contributed by atoms with van der Waals surface area (Å²) in [6, 6.07) is 8.58. The van der Waals surface area contributed by atoms with Gasteiger partial charge in [-0.15, -0.1) is 10.2 Å². The van der Waals surface area contributed by atoms with Crippen LogP contribution in [0.15, 0.2) is 24.3 Å². The number of aromatic nitrogens is 4. The Kier molecular flexibility index (Phi) is 4.43. The number of nitrogens with one attached hydrogen (secondary N) is 1. The first-order valence-corrected chi connectivity index (χ1v) is 7.90. The van der Waals surface area contributed by atoms with Crippen molar-refractivity contribution in [2.45, 2.75) is 32.4 Å². The molecule has 0 saturated carbocycles. The molecule has 0 radical (unpaired) electrons. The smallest absolute Gasteiger partial charge is 0.204 e. The molecule has 2 aromatic rings. The van der Waals surface area contributed by atoms with Crippen LogP contribution in [0.5, 0.6) is 0 Å². The second-order valence-corrected chi connectivity index (χ2v) is 6.58. The number of aromatic amines is 1. The summed E-state index contributed by atoms with van der Waals surface area (Å²) in [7, 11) is 0. The number of likely N-dealkylation sites (tertiary alicyclic amines) is 1. The minimum Gasteiger partial charge on any atom is -0.396 e. The van der Waals surface area contributed by atoms with Crippen LogP contribution >= 0.6 is 0 Å². The number of H-pyrrole nitrogens is 1. The van der Waals surface area contributed by atoms with Gasteiger partial charge in [0.1, 0.15) is 0 Å². The highest BCUT2D eigenvalue weighted by atomic mass is 16.3. The predicted octanol–water partition coefficient (Wildman–Crippen LogP) is 0.993. The van der Waals surface area contributed by atoms with E-state index in [4.69, 9.17) is 0 Å². The number of aliphatic hydroxyl groups excluding tert-OH is 2. The molecule has 7 heteroatoms. The van der Waals surface area contributed by atoms with Crippen molar-refractivity contribution in [1.82, 2.24) is 25.5 Å². The van der Waals surface area contributed by atoms with Crippen molar-refractivity contribution >= 4 is 0 Å². The molecular formula is C16H23N5O2. The lowest BCUT2D eigenvalue weighted by Crippen LogP contribution is -2.35. The fourth-order valence-corrected chi connectivity index (χ4v) is 3.56. The molecule has 1 aromatic carbocycles. The van der Waals surface area contributed by atoms with E-state index in [0.717, 1.165) is 17.5 Å². The molecule has 0 amide bonds. The molecule has 3 rings (SSSR count). The average Bonchev–Trinajstić information content (AvgIpc) is 3.23. The van der Waals surface area contributed by atoms with Gasteiger partial charge in [0, 0.05) is 29.6 Å². The van der Waals surface area contributed by atoms with Crippen molar-refractivity contribution in [3.05, 3.63) is 29.8 Å². The predicted molar refractivity (Wildman–Crippen MR) is 85.4 cm³/mol. The molecule has 2 heterocycles. The lowest BCUT2D eigenvalue weighted by molar-refractivity contribution is 0.0572. The van der Waals surface area contributed by atoms with E-state index in [2.05, 4.69) is 51.5 Å². The topological polar surface area (TPSA) is 98.2 Å². The van der Waals surface area contributed by atoms with Gasteiger partial charge in [-0.2, -0.15) is 5.21 Å². The van der Waals surface area contributed by atoms with Crippen molar-refractivity contribution < 1.29 is 10.2 Å². The third-order valence-electron chi connectivity index (χ3n) is 4.95. The molecule has 0 spiro atoms. The van der Waals surface area contributed by atoms with E-state index in [1.54, 1.807) is 0 Å². The van der Waals surface area contributed by atoms with E-state index in [-0.39, 0.29) is 19.3 Å². The first-order valence-electron chi connectivity index (χ1n) is 7.90. The third-order valence-corrected chi connectivity index (χ3v) is 4.95. The maximum Gasteiger partial charge on any atom is 0.204 e. The summed E-state index contributed by atoms with van der Waals surface area (Å²) in [6.45, 7) is 5.01. The standard InChI is InChI=1S/C16H23N5O2/c1-11-7-16(9-22,10-23)8-21(11)12(2)13-4-3-5-14(6-13)15-17-19-20-18-15/h3-6,11-12,22-23H,7-10H2,1-2H3,(H,17,18,19,20). The molecule has 124 valence electrons. The summed E-state index contributed by atoms with van der Waals surface area (Å²) < 4.78 is 0. The van der Waals surface area contributed by atoms with Gasteiger partial charge in [0.25, 0.3) is 0 Å². The molecule has 7 nitrogen and oxygen atoms in total. The molecular weight excluding hydrogens is 294 g/mol. The van der Waals surface area contributed by atoms with E-state index in [0.29, 0.717) is 18.4 Å². The Morgan fingerprint density at radius 2 is 2.17 bits per heavy atom. The van der Waals surface area contributed by atoms with Crippen LogP contribution in [-0.2, 0) is 0 Å². The summed E-state index contributed by atoms with van der Waals surface area (Å²) in [5, 5.41) is 33.4. The Labute approximate surface area is 135 Å². The number of benzene rings is 1. The second kappa shape index (κ2) is 6.35. The van der Waals surface area contributed by atoms with Gasteiger partial charge in [0.15, 0.2) is 0 Å². The highest BCUT2D eigenvalue weighted by molar-refractivity contribution is 5.55. The number of aliphatic hydroxyl groups is 2.